The van der Waals surface area contributed by atoms with Crippen molar-refractivity contribution >= 4 is 116 Å². The molecular formula is C92H78OS3. The number of thiophene rings is 3. The van der Waals surface area contributed by atoms with Crippen molar-refractivity contribution in [2.24, 2.45) is 0 Å². The second kappa shape index (κ2) is 24.8. The highest BCUT2D eigenvalue weighted by atomic mass is 32.1. The largest absolute Gasteiger partial charge is 0.455 e. The molecule has 0 saturated heterocycles. The molecule has 0 atom stereocenters. The molecule has 0 fully saturated rings. The lowest BCUT2D eigenvalue weighted by atomic mass is 9.76. The van der Waals surface area contributed by atoms with Crippen LogP contribution in [0.4, 0.5) is 0 Å². The third-order valence-corrected chi connectivity index (χ3v) is 21.8. The molecule has 4 heterocycles. The number of furan rings is 1. The van der Waals surface area contributed by atoms with Crippen LogP contribution >= 0.6 is 34.0 Å². The molecule has 13 aromatic carbocycles. The van der Waals surface area contributed by atoms with E-state index in [1.54, 1.807) is 36.5 Å². The molecule has 17 aromatic rings. The Morgan fingerprint density at radius 3 is 1.15 bits per heavy atom. The van der Waals surface area contributed by atoms with Crippen molar-refractivity contribution < 1.29 is 15.4 Å². The van der Waals surface area contributed by atoms with Gasteiger partial charge in [0.1, 0.15) is 11.2 Å². The molecule has 0 unspecified atom stereocenters. The van der Waals surface area contributed by atoms with E-state index in [1.807, 2.05) is 41.7 Å². The number of rotatable bonds is 6. The summed E-state index contributed by atoms with van der Waals surface area (Å²) >= 11 is 5.47. The molecular weight excluding hydrogens is 1220 g/mol. The van der Waals surface area contributed by atoms with E-state index in [2.05, 4.69) is 256 Å². The summed E-state index contributed by atoms with van der Waals surface area (Å²) in [4.78, 5) is 0. The second-order valence-corrected chi connectivity index (χ2v) is 31.2. The lowest BCUT2D eigenvalue weighted by molar-refractivity contribution is 0.593. The van der Waals surface area contributed by atoms with Crippen LogP contribution in [0.3, 0.4) is 0 Å². The molecule has 470 valence electrons. The van der Waals surface area contributed by atoms with Crippen molar-refractivity contribution in [1.29, 1.82) is 0 Å². The van der Waals surface area contributed by atoms with Crippen LogP contribution in [0.1, 0.15) is 101 Å². The van der Waals surface area contributed by atoms with Gasteiger partial charge in [0.05, 0.1) is 11.0 Å². The van der Waals surface area contributed by atoms with Gasteiger partial charge in [-0.2, -0.15) is 0 Å². The summed E-state index contributed by atoms with van der Waals surface area (Å²) in [7, 11) is 0. The number of hydrogen-bond donors (Lipinski definition) is 0. The molecule has 1 nitrogen and oxygen atoms in total. The van der Waals surface area contributed by atoms with Crippen LogP contribution in [0, 0.1) is 13.8 Å². The predicted octanol–water partition coefficient (Wildman–Crippen LogP) is 28.6. The Labute approximate surface area is 587 Å². The van der Waals surface area contributed by atoms with Gasteiger partial charge < -0.3 is 4.42 Å². The summed E-state index contributed by atoms with van der Waals surface area (Å²) in [6, 6.07) is 78.9. The second-order valence-electron chi connectivity index (χ2n) is 28.1. The van der Waals surface area contributed by atoms with Gasteiger partial charge >= 0.3 is 0 Å². The summed E-state index contributed by atoms with van der Waals surface area (Å²) in [6.45, 7) is 23.3. The van der Waals surface area contributed by atoms with Gasteiger partial charge in [-0.05, 0) is 138 Å². The van der Waals surface area contributed by atoms with E-state index in [0.29, 0.717) is 22.3 Å². The van der Waals surface area contributed by atoms with Crippen molar-refractivity contribution in [3.05, 3.63) is 301 Å². The zero-order valence-electron chi connectivity index (χ0n) is 64.0. The van der Waals surface area contributed by atoms with Gasteiger partial charge in [-0.3, -0.25) is 0 Å². The zero-order valence-corrected chi connectivity index (χ0v) is 58.4. The molecule has 0 amide bonds. The Hall–Kier alpha value is -9.68. The Morgan fingerprint density at radius 1 is 0.292 bits per heavy atom. The van der Waals surface area contributed by atoms with Gasteiger partial charge in [0.2, 0.25) is 0 Å². The van der Waals surface area contributed by atoms with E-state index in [0.717, 1.165) is 66.6 Å². The van der Waals surface area contributed by atoms with E-state index >= 15 is 0 Å². The average molecular weight is 1300 g/mol. The first kappa shape index (κ1) is 53.6. The summed E-state index contributed by atoms with van der Waals surface area (Å²) in [5.74, 6) is 0. The normalized spacial score (nSPS) is 13.3. The van der Waals surface area contributed by atoms with Gasteiger partial charge in [0.25, 0.3) is 0 Å². The molecule has 0 saturated carbocycles. The lowest BCUT2D eigenvalue weighted by Gasteiger charge is -2.27. The Morgan fingerprint density at radius 2 is 0.635 bits per heavy atom. The highest BCUT2D eigenvalue weighted by molar-refractivity contribution is 7.27. The highest BCUT2D eigenvalue weighted by Gasteiger charge is 2.29. The fourth-order valence-corrected chi connectivity index (χ4v) is 18.0. The summed E-state index contributed by atoms with van der Waals surface area (Å²) < 4.78 is 82.0. The number of hydrogen-bond acceptors (Lipinski definition) is 4. The molecule has 96 heavy (non-hydrogen) atoms. The van der Waals surface area contributed by atoms with E-state index in [9.17, 15) is 0 Å². The van der Waals surface area contributed by atoms with Gasteiger partial charge in [-0.1, -0.05) is 316 Å². The van der Waals surface area contributed by atoms with Crippen molar-refractivity contribution in [2.75, 3.05) is 0 Å². The van der Waals surface area contributed by atoms with E-state index < -0.39 is 0 Å². The van der Waals surface area contributed by atoms with Crippen LogP contribution in [0.5, 0.6) is 0 Å². The quantitative estimate of drug-likeness (QED) is 0.162. The smallest absolute Gasteiger partial charge is 0.143 e. The van der Waals surface area contributed by atoms with E-state index in [-0.39, 0.29) is 64.6 Å². The minimum Gasteiger partial charge on any atom is -0.455 e. The maximum atomic E-state index is 8.78. The number of benzene rings is 13. The molecule has 4 heteroatoms. The predicted molar refractivity (Wildman–Crippen MR) is 423 cm³/mol. The molecule has 17 rings (SSSR count). The van der Waals surface area contributed by atoms with Crippen molar-refractivity contribution in [3.8, 4) is 66.8 Å². The summed E-state index contributed by atoms with van der Waals surface area (Å²) in [6.07, 6.45) is 0. The molecule has 0 bridgehead atoms. The Balaban J connectivity index is 0.000000126. The lowest BCUT2D eigenvalue weighted by Crippen LogP contribution is -2.14. The fourth-order valence-electron chi connectivity index (χ4n) is 14.4. The van der Waals surface area contributed by atoms with Gasteiger partial charge in [0, 0.05) is 76.9 Å². The Bertz CT molecular complexity index is 6120. The van der Waals surface area contributed by atoms with Crippen molar-refractivity contribution in [2.45, 2.75) is 92.4 Å². The highest BCUT2D eigenvalue weighted by Crippen LogP contribution is 2.50. The SMILES string of the molecule is CC(C)(C)c1c(-c2cccc3c2oc2ccccc23)cccc1-c1cccc2c1sc1ccccc12.[2H]c1c([2H])c(C)c([2H])c(-c2cccc(-c3cccc4c3sc3ccccc34)c2C(C)(C)C)c1[2H].[2H]c1c([2H])c(C)c([2H])c(-c2cccc(-c3cccc4sc5ccccc5c34)c2C(C)(C)C)c1[2H]. The van der Waals surface area contributed by atoms with Crippen LogP contribution in [0.25, 0.3) is 149 Å². The topological polar surface area (TPSA) is 13.1 Å². The van der Waals surface area contributed by atoms with Crippen LogP contribution < -0.4 is 0 Å². The Kier molecular flexibility index (Phi) is 13.8. The minimum absolute atomic E-state index is 0.0396. The van der Waals surface area contributed by atoms with Crippen LogP contribution in [0.2, 0.25) is 0 Å². The summed E-state index contributed by atoms with van der Waals surface area (Å²) in [5, 5.41) is 9.93. The first-order chi connectivity index (χ1) is 49.7. The van der Waals surface area contributed by atoms with Gasteiger partial charge in [-0.25, -0.2) is 0 Å². The first-order valence-electron chi connectivity index (χ1n) is 36.9. The van der Waals surface area contributed by atoms with Crippen molar-refractivity contribution in [1.82, 2.24) is 0 Å². The molecule has 0 aliphatic heterocycles. The summed E-state index contributed by atoms with van der Waals surface area (Å²) in [5.41, 5.74) is 17.5. The fraction of sp³-hybridized carbons (Fsp3) is 0.152. The third-order valence-electron chi connectivity index (χ3n) is 18.3. The molecule has 0 radical (unpaired) electrons. The maximum Gasteiger partial charge on any atom is 0.143 e. The molecule has 0 spiro atoms. The van der Waals surface area contributed by atoms with Gasteiger partial charge in [-0.15, -0.1) is 34.0 Å². The van der Waals surface area contributed by atoms with E-state index in [1.165, 1.54) is 88.2 Å². The standard InChI is InChI=1S/C34H26OS.2C29H26S/c1-34(2,3)31-23(26-16-9-15-25-21-11-4-6-19-29(21)35-32(25)26)13-8-14-24(31)28-18-10-17-27-22-12-5-7-20-30(22)36-33(27)28;1-19-10-7-11-20(18-19)21-13-8-15-23(28(21)29(2,3)4)22-14-9-17-26-27(22)24-12-5-6-16-25(24)30-26;1-19-10-7-11-20(18-19)21-13-8-14-23(27(21)29(2,3)4)25-16-9-15-24-22-12-5-6-17-26(22)30-28(24)25/h4-20H,1-3H3;2*5-18H,1-4H3/i;2*7D,10D,11D,18D. The van der Waals surface area contributed by atoms with Crippen molar-refractivity contribution in [3.63, 3.8) is 0 Å². The average Bonchev–Trinajstić information content (AvgIpc) is 1.29. The van der Waals surface area contributed by atoms with Crippen LogP contribution in [-0.4, -0.2) is 0 Å². The maximum absolute atomic E-state index is 8.78. The monoisotopic (exact) mass is 1300 g/mol. The number of para-hydroxylation sites is 2. The number of fused-ring (bicyclic) bond motifs is 12. The molecule has 0 aliphatic carbocycles. The first-order valence-corrected chi connectivity index (χ1v) is 35.4. The van der Waals surface area contributed by atoms with Crippen LogP contribution in [-0.2, 0) is 16.2 Å². The molecule has 4 aromatic heterocycles. The van der Waals surface area contributed by atoms with Gasteiger partial charge in [0.15, 0.2) is 0 Å². The zero-order chi connectivity index (χ0) is 73.2. The molecule has 0 N–H and O–H groups in total. The minimum atomic E-state index is -0.283. The van der Waals surface area contributed by atoms with E-state index in [4.69, 9.17) is 15.4 Å². The molecule has 0 aliphatic rings. The third kappa shape index (κ3) is 11.4. The van der Waals surface area contributed by atoms with Crippen LogP contribution in [0.15, 0.2) is 277 Å².